The minimum Gasteiger partial charge on any atom is -0.467 e. The number of esters is 1. The number of hydrogen-bond acceptors (Lipinski definition) is 7. The molecule has 29 heavy (non-hydrogen) atoms. The van der Waals surface area contributed by atoms with E-state index in [2.05, 4.69) is 5.10 Å². The van der Waals surface area contributed by atoms with Crippen molar-refractivity contribution in [3.63, 3.8) is 0 Å². The second-order valence-electron chi connectivity index (χ2n) is 7.16. The zero-order valence-corrected chi connectivity index (χ0v) is 16.9. The Kier molecular flexibility index (Phi) is 7.35. The molecule has 2 amide bonds. The van der Waals surface area contributed by atoms with Gasteiger partial charge in [0.15, 0.2) is 6.04 Å². The van der Waals surface area contributed by atoms with Crippen LogP contribution in [0, 0.1) is 0 Å². The maximum atomic E-state index is 12.8. The summed E-state index contributed by atoms with van der Waals surface area (Å²) >= 11 is 0. The molecule has 9 nitrogen and oxygen atoms in total. The normalized spacial score (nSPS) is 12.0. The molecule has 0 N–H and O–H groups in total. The average Bonchev–Trinajstić information content (AvgIpc) is 3.18. The number of nitrogens with zero attached hydrogens (tertiary/aromatic N) is 3. The fourth-order valence-corrected chi connectivity index (χ4v) is 2.41. The van der Waals surface area contributed by atoms with Gasteiger partial charge in [0.1, 0.15) is 12.2 Å². The second kappa shape index (κ2) is 9.72. The molecule has 0 aliphatic rings. The van der Waals surface area contributed by atoms with E-state index < -0.39 is 29.8 Å². The zero-order chi connectivity index (χ0) is 21.4. The van der Waals surface area contributed by atoms with E-state index in [1.807, 2.05) is 6.07 Å². The molecule has 0 saturated heterocycles. The fourth-order valence-electron chi connectivity index (χ4n) is 2.41. The Morgan fingerprint density at radius 2 is 1.79 bits per heavy atom. The molecule has 156 valence electrons. The van der Waals surface area contributed by atoms with Crippen molar-refractivity contribution in [1.82, 2.24) is 14.7 Å². The lowest BCUT2D eigenvalue weighted by Gasteiger charge is -2.30. The molecule has 0 bridgehead atoms. The van der Waals surface area contributed by atoms with Crippen LogP contribution < -0.4 is 0 Å². The molecule has 0 fully saturated rings. The second-order valence-corrected chi connectivity index (χ2v) is 7.16. The van der Waals surface area contributed by atoms with Crippen LogP contribution in [0.2, 0.25) is 0 Å². The highest BCUT2D eigenvalue weighted by atomic mass is 16.6. The molecule has 1 aromatic heterocycles. The van der Waals surface area contributed by atoms with Crippen molar-refractivity contribution in [1.29, 1.82) is 0 Å². The summed E-state index contributed by atoms with van der Waals surface area (Å²) < 4.78 is 16.8. The first-order valence-electron chi connectivity index (χ1n) is 8.99. The molecular formula is C20H25N3O6. The summed E-state index contributed by atoms with van der Waals surface area (Å²) in [5.41, 5.74) is -0.159. The molecule has 0 spiro atoms. The quantitative estimate of drug-likeness (QED) is 0.540. The maximum absolute atomic E-state index is 12.8. The van der Waals surface area contributed by atoms with E-state index in [1.165, 1.54) is 18.0 Å². The van der Waals surface area contributed by atoms with E-state index >= 15 is 0 Å². The van der Waals surface area contributed by atoms with Crippen LogP contribution in [0.1, 0.15) is 26.3 Å². The summed E-state index contributed by atoms with van der Waals surface area (Å²) in [5, 5.41) is 4.02. The van der Waals surface area contributed by atoms with Crippen LogP contribution in [-0.4, -0.2) is 51.6 Å². The van der Waals surface area contributed by atoms with Crippen molar-refractivity contribution < 1.29 is 28.6 Å². The number of methoxy groups -OCH3 is 1. The number of carbonyl (C=O) groups is 3. The molecule has 0 unspecified atom stereocenters. The van der Waals surface area contributed by atoms with Crippen molar-refractivity contribution in [3.8, 4) is 0 Å². The predicted molar refractivity (Wildman–Crippen MR) is 103 cm³/mol. The summed E-state index contributed by atoms with van der Waals surface area (Å²) in [4.78, 5) is 38.6. The van der Waals surface area contributed by atoms with Crippen LogP contribution in [0.5, 0.6) is 0 Å². The van der Waals surface area contributed by atoms with Crippen LogP contribution in [0.4, 0.5) is 9.59 Å². The van der Waals surface area contributed by atoms with Gasteiger partial charge in [-0.05, 0) is 32.4 Å². The van der Waals surface area contributed by atoms with Crippen molar-refractivity contribution in [3.05, 3.63) is 54.4 Å². The smallest absolute Gasteiger partial charge is 0.420 e. The Morgan fingerprint density at radius 1 is 1.10 bits per heavy atom. The molecule has 0 radical (unpaired) electrons. The lowest BCUT2D eigenvalue weighted by Crippen LogP contribution is -2.52. The van der Waals surface area contributed by atoms with Gasteiger partial charge in [0.05, 0.1) is 13.7 Å². The van der Waals surface area contributed by atoms with Crippen LogP contribution in [0.3, 0.4) is 0 Å². The van der Waals surface area contributed by atoms with Gasteiger partial charge in [0, 0.05) is 12.4 Å². The highest BCUT2D eigenvalue weighted by Crippen LogP contribution is 2.16. The Bertz CT molecular complexity index is 814. The number of amides is 2. The molecular weight excluding hydrogens is 378 g/mol. The van der Waals surface area contributed by atoms with Crippen molar-refractivity contribution in [2.45, 2.75) is 45.6 Å². The molecule has 0 aliphatic heterocycles. The largest absolute Gasteiger partial charge is 0.467 e. The Morgan fingerprint density at radius 3 is 2.34 bits per heavy atom. The van der Waals surface area contributed by atoms with E-state index in [4.69, 9.17) is 14.2 Å². The van der Waals surface area contributed by atoms with E-state index in [-0.39, 0.29) is 13.2 Å². The first kappa shape index (κ1) is 21.9. The SMILES string of the molecule is COC(=O)[C@H](Cn1cccn1)N(C(=O)OCc1ccccc1)C(=O)OC(C)(C)C. The Balaban J connectivity index is 2.28. The van der Waals surface area contributed by atoms with Gasteiger partial charge in [-0.2, -0.15) is 10.00 Å². The van der Waals surface area contributed by atoms with E-state index in [0.717, 1.165) is 5.56 Å². The first-order valence-corrected chi connectivity index (χ1v) is 8.99. The number of benzene rings is 1. The highest BCUT2D eigenvalue weighted by molar-refractivity contribution is 5.94. The Labute approximate surface area is 169 Å². The minimum absolute atomic E-state index is 0.0748. The first-order chi connectivity index (χ1) is 13.7. The standard InChI is InChI=1S/C20H25N3O6/c1-20(2,3)29-19(26)23(18(25)28-14-15-9-6-5-7-10-15)16(17(24)27-4)13-22-12-8-11-21-22/h5-12,16H,13-14H2,1-4H3/t16-/m0/s1. The average molecular weight is 403 g/mol. The van der Waals surface area contributed by atoms with Gasteiger partial charge in [-0.15, -0.1) is 0 Å². The lowest BCUT2D eigenvalue weighted by atomic mass is 10.2. The summed E-state index contributed by atoms with van der Waals surface area (Å²) in [6.07, 6.45) is 1.07. The summed E-state index contributed by atoms with van der Waals surface area (Å²) in [6, 6.07) is 9.29. The van der Waals surface area contributed by atoms with Crippen LogP contribution in [-0.2, 0) is 32.2 Å². The fraction of sp³-hybridized carbons (Fsp3) is 0.400. The van der Waals surface area contributed by atoms with Crippen molar-refractivity contribution in [2.75, 3.05) is 7.11 Å². The molecule has 0 aliphatic carbocycles. The molecule has 1 aromatic carbocycles. The molecule has 9 heteroatoms. The van der Waals surface area contributed by atoms with Gasteiger partial charge in [-0.25, -0.2) is 14.4 Å². The Hall–Kier alpha value is -3.36. The molecule has 0 saturated carbocycles. The number of carbonyl (C=O) groups excluding carboxylic acids is 3. The zero-order valence-electron chi connectivity index (χ0n) is 16.9. The third-order valence-corrected chi connectivity index (χ3v) is 3.70. The van der Waals surface area contributed by atoms with Gasteiger partial charge in [0.25, 0.3) is 0 Å². The van der Waals surface area contributed by atoms with Crippen LogP contribution >= 0.6 is 0 Å². The van der Waals surface area contributed by atoms with Gasteiger partial charge >= 0.3 is 18.2 Å². The lowest BCUT2D eigenvalue weighted by molar-refractivity contribution is -0.147. The number of imide groups is 1. The van der Waals surface area contributed by atoms with Crippen molar-refractivity contribution >= 4 is 18.2 Å². The highest BCUT2D eigenvalue weighted by Gasteiger charge is 2.40. The third-order valence-electron chi connectivity index (χ3n) is 3.70. The molecule has 1 atom stereocenters. The summed E-state index contributed by atoms with van der Waals surface area (Å²) in [5.74, 6) is -0.803. The number of rotatable bonds is 6. The van der Waals surface area contributed by atoms with Gasteiger partial charge < -0.3 is 14.2 Å². The molecule has 2 aromatic rings. The van der Waals surface area contributed by atoms with E-state index in [1.54, 1.807) is 57.3 Å². The van der Waals surface area contributed by atoms with Crippen LogP contribution in [0.15, 0.2) is 48.8 Å². The van der Waals surface area contributed by atoms with E-state index in [0.29, 0.717) is 4.90 Å². The maximum Gasteiger partial charge on any atom is 0.420 e. The summed E-state index contributed by atoms with van der Waals surface area (Å²) in [7, 11) is 1.17. The van der Waals surface area contributed by atoms with Crippen molar-refractivity contribution in [2.24, 2.45) is 0 Å². The topological polar surface area (TPSA) is 100.0 Å². The monoisotopic (exact) mass is 403 g/mol. The van der Waals surface area contributed by atoms with Gasteiger partial charge in [-0.1, -0.05) is 30.3 Å². The number of ether oxygens (including phenoxy) is 3. The molecule has 1 heterocycles. The number of aromatic nitrogens is 2. The third kappa shape index (κ3) is 6.63. The van der Waals surface area contributed by atoms with Gasteiger partial charge in [0.2, 0.25) is 0 Å². The summed E-state index contributed by atoms with van der Waals surface area (Å²) in [6.45, 7) is 4.77. The van der Waals surface area contributed by atoms with Gasteiger partial charge in [-0.3, -0.25) is 4.68 Å². The number of hydrogen-bond donors (Lipinski definition) is 0. The van der Waals surface area contributed by atoms with Crippen LogP contribution in [0.25, 0.3) is 0 Å². The van der Waals surface area contributed by atoms with E-state index in [9.17, 15) is 14.4 Å². The predicted octanol–water partition coefficient (Wildman–Crippen LogP) is 3.00. The minimum atomic E-state index is -1.32. The molecule has 2 rings (SSSR count).